The Morgan fingerprint density at radius 2 is 1.60 bits per heavy atom. The van der Waals surface area contributed by atoms with Gasteiger partial charge in [0.15, 0.2) is 0 Å². The molecule has 0 aliphatic carbocycles. The standard InChI is InChI=1S/C35H26N3OS.C18H23FGeN.Ir/c1-19(2)22-14-15-23-27-17-20(3)31(21(4)32(27)39-30(23)18-22)38-29-13-6-5-12-28(29)37-34(38)26-10-7-9-24-25-11-8-16-36-35(25)40-33(24)26;1-13(2)10-14-11-18(15-8-6-7-9-16(15)19)21-12-17(14)20(3,4)5;/h5-9,11-19H,1-4H3;6-7,9,11-13H,10H2,1-5H3;/q2*-1;. The topological polar surface area (TPSA) is 56.7 Å². The minimum atomic E-state index is -1.97. The zero-order valence-electron chi connectivity index (χ0n) is 36.6. The van der Waals surface area contributed by atoms with E-state index in [0.29, 0.717) is 23.1 Å². The van der Waals surface area contributed by atoms with Gasteiger partial charge in [0.05, 0.1) is 16.9 Å². The summed E-state index contributed by atoms with van der Waals surface area (Å²) in [7, 11) is 0. The Morgan fingerprint density at radius 3 is 2.35 bits per heavy atom. The molecule has 0 unspecified atom stereocenters. The van der Waals surface area contributed by atoms with Crippen LogP contribution in [-0.2, 0) is 26.5 Å². The van der Waals surface area contributed by atoms with Gasteiger partial charge in [0, 0.05) is 48.3 Å². The first-order valence-electron chi connectivity index (χ1n) is 21.1. The number of hydrogen-bond acceptors (Lipinski definition) is 5. The molecule has 0 bridgehead atoms. The Bertz CT molecular complexity index is 3280. The Balaban J connectivity index is 0.000000205. The first kappa shape index (κ1) is 43.7. The summed E-state index contributed by atoms with van der Waals surface area (Å²) >= 11 is -0.268. The van der Waals surface area contributed by atoms with Crippen LogP contribution in [-0.4, -0.2) is 32.8 Å². The van der Waals surface area contributed by atoms with Crippen molar-refractivity contribution in [2.75, 3.05) is 0 Å². The minimum Gasteiger partial charge on any atom is -0.456 e. The van der Waals surface area contributed by atoms with Crippen LogP contribution in [0.2, 0.25) is 17.3 Å². The Labute approximate surface area is 383 Å². The van der Waals surface area contributed by atoms with Gasteiger partial charge in [0.25, 0.3) is 0 Å². The maximum Gasteiger partial charge on any atom is 0.140 e. The second-order valence-corrected chi connectivity index (χ2v) is 29.4. The van der Waals surface area contributed by atoms with Crippen LogP contribution in [0.4, 0.5) is 4.39 Å². The SMILES string of the molecule is CC(C)Cc1cc(-c2[c-]cccc2F)nc[c]1[Ge]([CH3])([CH3])[CH3].Cc1cc2c(oc3cc(C(C)C)ccc32)c(C)c1-n1c(-c2[c-]ccc3c2sc2ncccc23)nc2ccccc21.[Ir]. The van der Waals surface area contributed by atoms with Gasteiger partial charge in [-0.2, -0.15) is 11.3 Å². The zero-order chi connectivity index (χ0) is 42.7. The third kappa shape index (κ3) is 7.96. The molecule has 5 aromatic carbocycles. The fourth-order valence-corrected chi connectivity index (χ4v) is 13.1. The van der Waals surface area contributed by atoms with E-state index in [0.717, 1.165) is 76.9 Å². The molecule has 10 aromatic rings. The van der Waals surface area contributed by atoms with Crippen molar-refractivity contribution in [1.82, 2.24) is 19.5 Å². The molecule has 0 fully saturated rings. The number of furan rings is 1. The zero-order valence-corrected chi connectivity index (χ0v) is 41.9. The molecule has 5 aromatic heterocycles. The van der Waals surface area contributed by atoms with E-state index in [1.165, 1.54) is 32.5 Å². The molecule has 0 atom stereocenters. The van der Waals surface area contributed by atoms with E-state index in [1.54, 1.807) is 23.5 Å². The number of benzene rings is 5. The number of imidazole rings is 1. The van der Waals surface area contributed by atoms with Gasteiger partial charge in [-0.3, -0.25) is 4.98 Å². The van der Waals surface area contributed by atoms with Crippen LogP contribution in [0.25, 0.3) is 81.6 Å². The number of nitrogens with zero attached hydrogens (tertiary/aromatic N) is 4. The molecule has 0 N–H and O–H groups in total. The molecule has 10 rings (SSSR count). The van der Waals surface area contributed by atoms with E-state index in [9.17, 15) is 4.39 Å². The van der Waals surface area contributed by atoms with Crippen LogP contribution < -0.4 is 4.40 Å². The van der Waals surface area contributed by atoms with E-state index in [2.05, 4.69) is 146 Å². The molecule has 5 heterocycles. The van der Waals surface area contributed by atoms with Gasteiger partial charge in [-0.05, 0) is 71.3 Å². The number of rotatable bonds is 7. The van der Waals surface area contributed by atoms with Crippen LogP contribution in [0.3, 0.4) is 0 Å². The average Bonchev–Trinajstić information content (AvgIpc) is 3.92. The number of halogens is 1. The number of pyridine rings is 2. The number of fused-ring (bicyclic) bond motifs is 7. The van der Waals surface area contributed by atoms with Crippen molar-refractivity contribution in [3.8, 4) is 28.3 Å². The third-order valence-corrected chi connectivity index (χ3v) is 17.0. The van der Waals surface area contributed by atoms with Gasteiger partial charge in [0.2, 0.25) is 0 Å². The second-order valence-electron chi connectivity index (χ2n) is 17.8. The smallest absolute Gasteiger partial charge is 0.140 e. The molecule has 0 saturated heterocycles. The van der Waals surface area contributed by atoms with Crippen LogP contribution >= 0.6 is 11.3 Å². The predicted octanol–water partition coefficient (Wildman–Crippen LogP) is 14.3. The summed E-state index contributed by atoms with van der Waals surface area (Å²) < 4.78 is 25.4. The van der Waals surface area contributed by atoms with E-state index in [-0.39, 0.29) is 25.9 Å². The van der Waals surface area contributed by atoms with Crippen LogP contribution in [0.1, 0.15) is 55.9 Å². The molecular weight excluding hydrogens is 1020 g/mol. The summed E-state index contributed by atoms with van der Waals surface area (Å²) in [5, 5.41) is 4.66. The van der Waals surface area contributed by atoms with Crippen molar-refractivity contribution < 1.29 is 28.9 Å². The normalized spacial score (nSPS) is 11.9. The van der Waals surface area contributed by atoms with Crippen molar-refractivity contribution >= 4 is 82.3 Å². The number of aromatic nitrogens is 4. The Hall–Kier alpha value is -4.99. The van der Waals surface area contributed by atoms with Gasteiger partial charge in [-0.15, -0.1) is 18.2 Å². The maximum atomic E-state index is 13.9. The van der Waals surface area contributed by atoms with Gasteiger partial charge in [0.1, 0.15) is 16.0 Å². The molecule has 0 spiro atoms. The van der Waals surface area contributed by atoms with Crippen molar-refractivity contribution in [3.05, 3.63) is 150 Å². The first-order valence-corrected chi connectivity index (χ1v) is 29.2. The van der Waals surface area contributed by atoms with Crippen molar-refractivity contribution in [2.45, 2.75) is 71.1 Å². The van der Waals surface area contributed by atoms with Gasteiger partial charge >= 0.3 is 130 Å². The molecule has 0 saturated carbocycles. The summed E-state index contributed by atoms with van der Waals surface area (Å²) in [6.45, 7) is 13.2. The molecule has 0 aliphatic rings. The van der Waals surface area contributed by atoms with E-state index >= 15 is 0 Å². The first-order chi connectivity index (χ1) is 29.3. The van der Waals surface area contributed by atoms with E-state index in [1.807, 2.05) is 30.6 Å². The molecular formula is C53H49FGeIrN4OS-2. The summed E-state index contributed by atoms with van der Waals surface area (Å²) in [4.78, 5) is 15.4. The minimum absolute atomic E-state index is 0. The van der Waals surface area contributed by atoms with E-state index in [4.69, 9.17) is 9.40 Å². The summed E-state index contributed by atoms with van der Waals surface area (Å²) in [5.74, 6) is 8.75. The van der Waals surface area contributed by atoms with Crippen LogP contribution in [0, 0.1) is 37.7 Å². The van der Waals surface area contributed by atoms with E-state index < -0.39 is 13.3 Å². The summed E-state index contributed by atoms with van der Waals surface area (Å²) in [6, 6.07) is 39.0. The molecule has 315 valence electrons. The third-order valence-electron chi connectivity index (χ3n) is 11.6. The quantitative estimate of drug-likeness (QED) is 0.118. The summed E-state index contributed by atoms with van der Waals surface area (Å²) in [5.41, 5.74) is 12.0. The number of para-hydroxylation sites is 2. The number of aryl methyl sites for hydroxylation is 2. The fraction of sp³-hybridized carbons (Fsp3) is 0.226. The number of hydrogen-bond donors (Lipinski definition) is 0. The van der Waals surface area contributed by atoms with Crippen molar-refractivity contribution in [2.24, 2.45) is 5.92 Å². The Kier molecular flexibility index (Phi) is 12.2. The molecule has 62 heavy (non-hydrogen) atoms. The number of thiophene rings is 1. The monoisotopic (exact) mass is 1080 g/mol. The Morgan fingerprint density at radius 1 is 0.806 bits per heavy atom. The molecule has 9 heteroatoms. The average molecular weight is 1070 g/mol. The van der Waals surface area contributed by atoms with Crippen molar-refractivity contribution in [1.29, 1.82) is 0 Å². The molecule has 1 radical (unpaired) electrons. The predicted molar refractivity (Wildman–Crippen MR) is 257 cm³/mol. The summed E-state index contributed by atoms with van der Waals surface area (Å²) in [6.07, 6.45) is 4.85. The van der Waals surface area contributed by atoms with Crippen LogP contribution in [0.5, 0.6) is 0 Å². The molecule has 0 aliphatic heterocycles. The largest absolute Gasteiger partial charge is 0.456 e. The molecule has 0 amide bonds. The van der Waals surface area contributed by atoms with Gasteiger partial charge in [-0.1, -0.05) is 55.1 Å². The fourth-order valence-electron chi connectivity index (χ4n) is 8.64. The van der Waals surface area contributed by atoms with Gasteiger partial charge < -0.3 is 8.98 Å². The maximum absolute atomic E-state index is 13.9. The van der Waals surface area contributed by atoms with Gasteiger partial charge in [-0.25, -0.2) is 4.98 Å². The van der Waals surface area contributed by atoms with Crippen molar-refractivity contribution in [3.63, 3.8) is 0 Å². The second kappa shape index (κ2) is 17.3. The van der Waals surface area contributed by atoms with Crippen LogP contribution in [0.15, 0.2) is 114 Å². The molecule has 5 nitrogen and oxygen atoms in total.